The van der Waals surface area contributed by atoms with Crippen LogP contribution in [0.3, 0.4) is 0 Å². The summed E-state index contributed by atoms with van der Waals surface area (Å²) in [5, 5.41) is 3.38. The van der Waals surface area contributed by atoms with Gasteiger partial charge in [-0.05, 0) is 43.9 Å². The molecule has 1 aromatic rings. The molecule has 1 aliphatic rings. The fraction of sp³-hybridized carbons (Fsp3) is 0.600. The standard InChI is InChI=1S/C15H23N/c1-4-13-9-15(10-13,11-16-3)14-8-6-5-7-12(14)2/h5-8,13,16H,4,9-11H2,1-3H3. The van der Waals surface area contributed by atoms with E-state index in [0.29, 0.717) is 5.41 Å². The van der Waals surface area contributed by atoms with Crippen LogP contribution in [0.5, 0.6) is 0 Å². The fourth-order valence-electron chi connectivity index (χ4n) is 3.30. The normalized spacial score (nSPS) is 28.8. The summed E-state index contributed by atoms with van der Waals surface area (Å²) in [7, 11) is 2.07. The number of aryl methyl sites for hydroxylation is 1. The molecule has 2 rings (SSSR count). The van der Waals surface area contributed by atoms with Crippen LogP contribution >= 0.6 is 0 Å². The lowest BCUT2D eigenvalue weighted by atomic mass is 9.57. The molecule has 0 unspecified atom stereocenters. The Morgan fingerprint density at radius 3 is 2.56 bits per heavy atom. The van der Waals surface area contributed by atoms with Gasteiger partial charge in [0, 0.05) is 12.0 Å². The van der Waals surface area contributed by atoms with Gasteiger partial charge in [-0.15, -0.1) is 0 Å². The Morgan fingerprint density at radius 1 is 1.31 bits per heavy atom. The van der Waals surface area contributed by atoms with Crippen LogP contribution in [0, 0.1) is 12.8 Å². The summed E-state index contributed by atoms with van der Waals surface area (Å²) in [6.07, 6.45) is 4.04. The molecule has 1 fully saturated rings. The van der Waals surface area contributed by atoms with E-state index in [4.69, 9.17) is 0 Å². The smallest absolute Gasteiger partial charge is 0.00855 e. The maximum atomic E-state index is 3.38. The van der Waals surface area contributed by atoms with Crippen LogP contribution in [0.1, 0.15) is 37.3 Å². The van der Waals surface area contributed by atoms with E-state index in [0.717, 1.165) is 12.5 Å². The predicted octanol–water partition coefficient (Wildman–Crippen LogP) is 3.27. The Labute approximate surface area is 99.3 Å². The van der Waals surface area contributed by atoms with Crippen molar-refractivity contribution < 1.29 is 0 Å². The highest BCUT2D eigenvalue weighted by Gasteiger charge is 2.44. The Kier molecular flexibility index (Phi) is 3.34. The molecular formula is C15H23N. The van der Waals surface area contributed by atoms with Crippen molar-refractivity contribution in [1.29, 1.82) is 0 Å². The zero-order valence-electron chi connectivity index (χ0n) is 10.7. The number of nitrogens with one attached hydrogen (secondary N) is 1. The molecule has 1 heteroatoms. The van der Waals surface area contributed by atoms with Gasteiger partial charge in [0.2, 0.25) is 0 Å². The topological polar surface area (TPSA) is 12.0 Å². The average Bonchev–Trinajstić information content (AvgIpc) is 2.24. The monoisotopic (exact) mass is 217 g/mol. The fourth-order valence-corrected chi connectivity index (χ4v) is 3.30. The summed E-state index contributed by atoms with van der Waals surface area (Å²) >= 11 is 0. The Morgan fingerprint density at radius 2 is 2.00 bits per heavy atom. The van der Waals surface area contributed by atoms with Crippen molar-refractivity contribution in [1.82, 2.24) is 5.32 Å². The van der Waals surface area contributed by atoms with Gasteiger partial charge in [0.25, 0.3) is 0 Å². The first-order valence-corrected chi connectivity index (χ1v) is 6.42. The molecular weight excluding hydrogens is 194 g/mol. The second-order valence-electron chi connectivity index (χ2n) is 5.31. The molecule has 88 valence electrons. The van der Waals surface area contributed by atoms with Crippen LogP contribution in [-0.4, -0.2) is 13.6 Å². The summed E-state index contributed by atoms with van der Waals surface area (Å²) in [5.74, 6) is 0.938. The van der Waals surface area contributed by atoms with E-state index in [1.54, 1.807) is 5.56 Å². The van der Waals surface area contributed by atoms with Crippen LogP contribution in [0.4, 0.5) is 0 Å². The van der Waals surface area contributed by atoms with Crippen LogP contribution in [0.25, 0.3) is 0 Å². The molecule has 1 nitrogen and oxygen atoms in total. The van der Waals surface area contributed by atoms with E-state index in [-0.39, 0.29) is 0 Å². The average molecular weight is 217 g/mol. The molecule has 0 heterocycles. The summed E-state index contributed by atoms with van der Waals surface area (Å²) in [5.41, 5.74) is 3.43. The number of hydrogen-bond acceptors (Lipinski definition) is 1. The van der Waals surface area contributed by atoms with E-state index >= 15 is 0 Å². The Hall–Kier alpha value is -0.820. The van der Waals surface area contributed by atoms with Crippen molar-refractivity contribution >= 4 is 0 Å². The Bertz CT molecular complexity index is 350. The summed E-state index contributed by atoms with van der Waals surface area (Å²) in [6.45, 7) is 5.67. The first-order valence-electron chi connectivity index (χ1n) is 6.42. The maximum absolute atomic E-state index is 3.38. The summed E-state index contributed by atoms with van der Waals surface area (Å²) < 4.78 is 0. The van der Waals surface area contributed by atoms with Crippen molar-refractivity contribution in [2.45, 2.75) is 38.5 Å². The van der Waals surface area contributed by atoms with Crippen molar-refractivity contribution in [2.24, 2.45) is 5.92 Å². The molecule has 1 aromatic carbocycles. The minimum atomic E-state index is 0.417. The molecule has 1 aliphatic carbocycles. The van der Waals surface area contributed by atoms with Crippen LogP contribution in [0.2, 0.25) is 0 Å². The summed E-state index contributed by atoms with van der Waals surface area (Å²) in [6, 6.07) is 8.88. The van der Waals surface area contributed by atoms with Gasteiger partial charge in [-0.2, -0.15) is 0 Å². The molecule has 0 aromatic heterocycles. The van der Waals surface area contributed by atoms with Gasteiger partial charge in [0.1, 0.15) is 0 Å². The zero-order chi connectivity index (χ0) is 11.6. The van der Waals surface area contributed by atoms with Gasteiger partial charge >= 0.3 is 0 Å². The van der Waals surface area contributed by atoms with Crippen LogP contribution < -0.4 is 5.32 Å². The third-order valence-electron chi connectivity index (χ3n) is 4.17. The second-order valence-corrected chi connectivity index (χ2v) is 5.31. The van der Waals surface area contributed by atoms with Gasteiger partial charge < -0.3 is 5.32 Å². The van der Waals surface area contributed by atoms with Crippen molar-refractivity contribution in [3.05, 3.63) is 35.4 Å². The SMILES string of the molecule is CCC1CC(CNC)(c2ccccc2C)C1. The highest BCUT2D eigenvalue weighted by molar-refractivity contribution is 5.36. The lowest BCUT2D eigenvalue weighted by Crippen LogP contribution is -2.48. The molecule has 1 N–H and O–H groups in total. The number of likely N-dealkylation sites (N-methyl/N-ethyl adjacent to an activating group) is 1. The lowest BCUT2D eigenvalue weighted by molar-refractivity contribution is 0.136. The van der Waals surface area contributed by atoms with E-state index in [1.165, 1.54) is 24.8 Å². The summed E-state index contributed by atoms with van der Waals surface area (Å²) in [4.78, 5) is 0. The molecule has 0 spiro atoms. The zero-order valence-corrected chi connectivity index (χ0v) is 10.7. The minimum absolute atomic E-state index is 0.417. The van der Waals surface area contributed by atoms with Gasteiger partial charge in [-0.3, -0.25) is 0 Å². The van der Waals surface area contributed by atoms with Gasteiger partial charge in [0.15, 0.2) is 0 Å². The largest absolute Gasteiger partial charge is 0.319 e. The van der Waals surface area contributed by atoms with E-state index < -0.39 is 0 Å². The predicted molar refractivity (Wildman–Crippen MR) is 69.8 cm³/mol. The maximum Gasteiger partial charge on any atom is 0.00855 e. The molecule has 0 aliphatic heterocycles. The van der Waals surface area contributed by atoms with Crippen LogP contribution in [-0.2, 0) is 5.41 Å². The second kappa shape index (κ2) is 4.58. The molecule has 0 atom stereocenters. The van der Waals surface area contributed by atoms with E-state index in [1.807, 2.05) is 0 Å². The molecule has 1 saturated carbocycles. The van der Waals surface area contributed by atoms with E-state index in [2.05, 4.69) is 50.5 Å². The number of hydrogen-bond donors (Lipinski definition) is 1. The third-order valence-corrected chi connectivity index (χ3v) is 4.17. The third kappa shape index (κ3) is 1.89. The van der Waals surface area contributed by atoms with Gasteiger partial charge in [0.05, 0.1) is 0 Å². The van der Waals surface area contributed by atoms with Crippen molar-refractivity contribution in [2.75, 3.05) is 13.6 Å². The van der Waals surface area contributed by atoms with Crippen LogP contribution in [0.15, 0.2) is 24.3 Å². The number of rotatable bonds is 4. The molecule has 0 saturated heterocycles. The number of benzene rings is 1. The first kappa shape index (κ1) is 11.7. The molecule has 0 amide bonds. The van der Waals surface area contributed by atoms with Gasteiger partial charge in [-0.1, -0.05) is 37.6 Å². The minimum Gasteiger partial charge on any atom is -0.319 e. The highest BCUT2D eigenvalue weighted by atomic mass is 14.8. The quantitative estimate of drug-likeness (QED) is 0.816. The van der Waals surface area contributed by atoms with Crippen molar-refractivity contribution in [3.8, 4) is 0 Å². The molecule has 0 radical (unpaired) electrons. The lowest BCUT2D eigenvalue weighted by Gasteiger charge is -2.49. The first-order chi connectivity index (χ1) is 7.72. The van der Waals surface area contributed by atoms with Crippen molar-refractivity contribution in [3.63, 3.8) is 0 Å². The van der Waals surface area contributed by atoms with Gasteiger partial charge in [-0.25, -0.2) is 0 Å². The Balaban J connectivity index is 2.24. The molecule has 0 bridgehead atoms. The van der Waals surface area contributed by atoms with E-state index in [9.17, 15) is 0 Å². The molecule has 16 heavy (non-hydrogen) atoms. The highest BCUT2D eigenvalue weighted by Crippen LogP contribution is 2.49.